The van der Waals surface area contributed by atoms with Crippen LogP contribution in [-0.4, -0.2) is 54.9 Å². The number of rotatable bonds is 4. The van der Waals surface area contributed by atoms with Gasteiger partial charge >= 0.3 is 0 Å². The SMILES string of the molecule is COc1ccc([C@H]2CN(C(=O)CC(C)(C)C)C[C@@H]2C(=O)N2CCCC2)cc1. The second-order valence-corrected chi connectivity index (χ2v) is 9.05. The van der Waals surface area contributed by atoms with Crippen LogP contribution in [0.15, 0.2) is 24.3 Å². The Morgan fingerprint density at radius 2 is 1.67 bits per heavy atom. The van der Waals surface area contributed by atoms with E-state index in [1.54, 1.807) is 7.11 Å². The minimum Gasteiger partial charge on any atom is -0.497 e. The summed E-state index contributed by atoms with van der Waals surface area (Å²) in [5.74, 6) is 1.06. The van der Waals surface area contributed by atoms with Crippen molar-refractivity contribution in [3.63, 3.8) is 0 Å². The molecule has 0 N–H and O–H groups in total. The first kappa shape index (κ1) is 19.7. The van der Waals surface area contributed by atoms with E-state index >= 15 is 0 Å². The Morgan fingerprint density at radius 3 is 2.22 bits per heavy atom. The van der Waals surface area contributed by atoms with Gasteiger partial charge in [0.05, 0.1) is 13.0 Å². The van der Waals surface area contributed by atoms with Crippen molar-refractivity contribution in [1.82, 2.24) is 9.80 Å². The molecule has 0 saturated carbocycles. The number of methoxy groups -OCH3 is 1. The summed E-state index contributed by atoms with van der Waals surface area (Å²) in [4.78, 5) is 29.9. The average molecular weight is 373 g/mol. The van der Waals surface area contributed by atoms with Gasteiger partial charge in [-0.2, -0.15) is 0 Å². The van der Waals surface area contributed by atoms with E-state index in [4.69, 9.17) is 4.74 Å². The molecule has 2 saturated heterocycles. The predicted octanol–water partition coefficient (Wildman–Crippen LogP) is 3.30. The van der Waals surface area contributed by atoms with Crippen LogP contribution in [0.1, 0.15) is 51.5 Å². The summed E-state index contributed by atoms with van der Waals surface area (Å²) in [6.07, 6.45) is 2.67. The van der Waals surface area contributed by atoms with Crippen molar-refractivity contribution in [3.05, 3.63) is 29.8 Å². The van der Waals surface area contributed by atoms with E-state index in [0.29, 0.717) is 19.5 Å². The zero-order chi connectivity index (χ0) is 19.6. The number of carbonyl (C=O) groups is 2. The van der Waals surface area contributed by atoms with Crippen LogP contribution in [0.25, 0.3) is 0 Å². The Bertz CT molecular complexity index is 672. The highest BCUT2D eigenvalue weighted by molar-refractivity contribution is 5.84. The number of hydrogen-bond donors (Lipinski definition) is 0. The van der Waals surface area contributed by atoms with Crippen molar-refractivity contribution in [3.8, 4) is 5.75 Å². The highest BCUT2D eigenvalue weighted by Crippen LogP contribution is 2.36. The van der Waals surface area contributed by atoms with Crippen molar-refractivity contribution >= 4 is 11.8 Å². The molecule has 0 aliphatic carbocycles. The zero-order valence-electron chi connectivity index (χ0n) is 17.0. The average Bonchev–Trinajstić information content (AvgIpc) is 3.30. The molecule has 1 aromatic rings. The smallest absolute Gasteiger partial charge is 0.228 e. The summed E-state index contributed by atoms with van der Waals surface area (Å²) in [6.45, 7) is 9.08. The van der Waals surface area contributed by atoms with E-state index in [0.717, 1.165) is 37.2 Å². The third-order valence-corrected chi connectivity index (χ3v) is 5.63. The molecule has 2 atom stereocenters. The van der Waals surface area contributed by atoms with E-state index in [2.05, 4.69) is 20.8 Å². The van der Waals surface area contributed by atoms with Gasteiger partial charge in [-0.05, 0) is 36.0 Å². The molecule has 2 fully saturated rings. The molecule has 2 aliphatic rings. The van der Waals surface area contributed by atoms with Crippen LogP contribution in [0.5, 0.6) is 5.75 Å². The summed E-state index contributed by atoms with van der Waals surface area (Å²) >= 11 is 0. The lowest BCUT2D eigenvalue weighted by Gasteiger charge is -2.24. The number of amides is 2. The minimum atomic E-state index is -0.152. The molecule has 2 aliphatic heterocycles. The van der Waals surface area contributed by atoms with Crippen molar-refractivity contribution in [1.29, 1.82) is 0 Å². The molecule has 5 nitrogen and oxygen atoms in total. The maximum absolute atomic E-state index is 13.2. The van der Waals surface area contributed by atoms with Crippen molar-refractivity contribution < 1.29 is 14.3 Å². The van der Waals surface area contributed by atoms with Crippen LogP contribution < -0.4 is 4.74 Å². The van der Waals surface area contributed by atoms with E-state index in [9.17, 15) is 9.59 Å². The summed E-state index contributed by atoms with van der Waals surface area (Å²) in [5, 5.41) is 0. The molecule has 27 heavy (non-hydrogen) atoms. The van der Waals surface area contributed by atoms with E-state index in [1.807, 2.05) is 34.1 Å². The Kier molecular flexibility index (Phi) is 5.78. The maximum atomic E-state index is 13.2. The quantitative estimate of drug-likeness (QED) is 0.815. The van der Waals surface area contributed by atoms with E-state index in [1.165, 1.54) is 0 Å². The summed E-state index contributed by atoms with van der Waals surface area (Å²) in [6, 6.07) is 7.94. The first-order chi connectivity index (χ1) is 12.8. The topological polar surface area (TPSA) is 49.9 Å². The van der Waals surface area contributed by atoms with Gasteiger partial charge in [-0.1, -0.05) is 32.9 Å². The standard InChI is InChI=1S/C22H32N2O3/c1-22(2,3)13-20(25)24-14-18(16-7-9-17(27-4)10-8-16)19(15-24)21(26)23-11-5-6-12-23/h7-10,18-19H,5-6,11-15H2,1-4H3/t18-,19+/m1/s1. The van der Waals surface area contributed by atoms with Crippen LogP contribution in [0, 0.1) is 11.3 Å². The molecule has 1 aromatic carbocycles. The molecule has 0 bridgehead atoms. The van der Waals surface area contributed by atoms with Crippen molar-refractivity contribution in [2.75, 3.05) is 33.3 Å². The number of hydrogen-bond acceptors (Lipinski definition) is 3. The molecular weight excluding hydrogens is 340 g/mol. The van der Waals surface area contributed by atoms with Crippen LogP contribution in [0.4, 0.5) is 0 Å². The van der Waals surface area contributed by atoms with Gasteiger partial charge in [-0.25, -0.2) is 0 Å². The van der Waals surface area contributed by atoms with Gasteiger partial charge in [0.1, 0.15) is 5.75 Å². The molecule has 0 unspecified atom stereocenters. The number of nitrogens with zero attached hydrogens (tertiary/aromatic N) is 2. The molecule has 148 valence electrons. The zero-order valence-corrected chi connectivity index (χ0v) is 17.0. The summed E-state index contributed by atoms with van der Waals surface area (Å²) in [5.41, 5.74) is 1.06. The van der Waals surface area contributed by atoms with Crippen LogP contribution in [0.3, 0.4) is 0 Å². The van der Waals surface area contributed by atoms with E-state index < -0.39 is 0 Å². The number of benzene rings is 1. The van der Waals surface area contributed by atoms with Gasteiger partial charge in [0.2, 0.25) is 11.8 Å². The second kappa shape index (κ2) is 7.91. The Hall–Kier alpha value is -2.04. The fraction of sp³-hybridized carbons (Fsp3) is 0.636. The first-order valence-electron chi connectivity index (χ1n) is 9.99. The number of carbonyl (C=O) groups excluding carboxylic acids is 2. The summed E-state index contributed by atoms with van der Waals surface area (Å²) in [7, 11) is 1.65. The fourth-order valence-corrected chi connectivity index (χ4v) is 4.18. The van der Waals surface area contributed by atoms with Crippen LogP contribution in [0.2, 0.25) is 0 Å². The highest BCUT2D eigenvalue weighted by atomic mass is 16.5. The molecule has 2 amide bonds. The monoisotopic (exact) mass is 372 g/mol. The van der Waals surface area contributed by atoms with Gasteiger partial charge in [-0.15, -0.1) is 0 Å². The van der Waals surface area contributed by atoms with Gasteiger partial charge in [0.15, 0.2) is 0 Å². The molecule has 0 aromatic heterocycles. The van der Waals surface area contributed by atoms with Crippen LogP contribution in [-0.2, 0) is 9.59 Å². The third-order valence-electron chi connectivity index (χ3n) is 5.63. The van der Waals surface area contributed by atoms with Crippen molar-refractivity contribution in [2.24, 2.45) is 11.3 Å². The lowest BCUT2D eigenvalue weighted by Crippen LogP contribution is -2.38. The lowest BCUT2D eigenvalue weighted by atomic mass is 9.88. The normalized spacial score (nSPS) is 23.0. The lowest BCUT2D eigenvalue weighted by molar-refractivity contribution is -0.135. The number of ether oxygens (including phenoxy) is 1. The molecule has 3 rings (SSSR count). The number of likely N-dealkylation sites (tertiary alicyclic amines) is 2. The first-order valence-corrected chi connectivity index (χ1v) is 9.99. The third kappa shape index (κ3) is 4.63. The fourth-order valence-electron chi connectivity index (χ4n) is 4.18. The Labute approximate surface area is 162 Å². The van der Waals surface area contributed by atoms with Gasteiger partial charge in [0, 0.05) is 38.5 Å². The van der Waals surface area contributed by atoms with Gasteiger partial charge in [0.25, 0.3) is 0 Å². The Balaban J connectivity index is 1.82. The molecule has 5 heteroatoms. The largest absolute Gasteiger partial charge is 0.497 e. The van der Waals surface area contributed by atoms with E-state index in [-0.39, 0.29) is 29.1 Å². The molecule has 0 spiro atoms. The summed E-state index contributed by atoms with van der Waals surface area (Å²) < 4.78 is 5.26. The molecule has 0 radical (unpaired) electrons. The highest BCUT2D eigenvalue weighted by Gasteiger charge is 2.42. The Morgan fingerprint density at radius 1 is 1.04 bits per heavy atom. The maximum Gasteiger partial charge on any atom is 0.228 e. The molecular formula is C22H32N2O3. The van der Waals surface area contributed by atoms with Gasteiger partial charge in [-0.3, -0.25) is 9.59 Å². The van der Waals surface area contributed by atoms with Gasteiger partial charge < -0.3 is 14.5 Å². The van der Waals surface area contributed by atoms with Crippen molar-refractivity contribution in [2.45, 2.75) is 46.0 Å². The minimum absolute atomic E-state index is 0.0490. The second-order valence-electron chi connectivity index (χ2n) is 9.05. The van der Waals surface area contributed by atoms with Crippen LogP contribution >= 0.6 is 0 Å². The molecule has 2 heterocycles. The predicted molar refractivity (Wildman–Crippen MR) is 106 cm³/mol.